The Kier molecular flexibility index (Phi) is 6.17. The number of aliphatic hydroxyl groups is 1. The molecule has 1 aromatic rings. The molecule has 0 aromatic heterocycles. The fourth-order valence-corrected chi connectivity index (χ4v) is 1.92. The summed E-state index contributed by atoms with van der Waals surface area (Å²) in [7, 11) is 0. The van der Waals surface area contributed by atoms with Crippen LogP contribution in [0.25, 0.3) is 0 Å². The van der Waals surface area contributed by atoms with Gasteiger partial charge in [-0.15, -0.1) is 0 Å². The topological polar surface area (TPSA) is 61.4 Å². The predicted molar refractivity (Wildman–Crippen MR) is 73.8 cm³/mol. The van der Waals surface area contributed by atoms with Crippen molar-refractivity contribution in [3.05, 3.63) is 29.8 Å². The average Bonchev–Trinajstić information content (AvgIpc) is 2.37. The molecule has 0 bridgehead atoms. The summed E-state index contributed by atoms with van der Waals surface area (Å²) >= 11 is 0. The van der Waals surface area contributed by atoms with Crippen LogP contribution >= 0.6 is 0 Å². The SMILES string of the molecule is CC(CC(=O)Nc1ccccc1C(F)(F)F)N[C@H](C)CO. The Morgan fingerprint density at radius 1 is 1.24 bits per heavy atom. The molecule has 3 N–H and O–H groups in total. The van der Waals surface area contributed by atoms with Gasteiger partial charge in [0.2, 0.25) is 5.91 Å². The lowest BCUT2D eigenvalue weighted by Crippen LogP contribution is -2.38. The van der Waals surface area contributed by atoms with Crippen molar-refractivity contribution in [2.75, 3.05) is 11.9 Å². The van der Waals surface area contributed by atoms with Crippen molar-refractivity contribution in [3.8, 4) is 0 Å². The van der Waals surface area contributed by atoms with Gasteiger partial charge in [-0.05, 0) is 26.0 Å². The molecular formula is C14H19F3N2O2. The summed E-state index contributed by atoms with van der Waals surface area (Å²) in [5.41, 5.74) is -1.12. The zero-order chi connectivity index (χ0) is 16.0. The van der Waals surface area contributed by atoms with E-state index in [9.17, 15) is 18.0 Å². The number of nitrogens with one attached hydrogen (secondary N) is 2. The molecule has 0 radical (unpaired) electrons. The molecule has 1 amide bonds. The van der Waals surface area contributed by atoms with Gasteiger partial charge in [-0.2, -0.15) is 13.2 Å². The molecule has 118 valence electrons. The van der Waals surface area contributed by atoms with Crippen LogP contribution < -0.4 is 10.6 Å². The van der Waals surface area contributed by atoms with Gasteiger partial charge in [-0.25, -0.2) is 0 Å². The summed E-state index contributed by atoms with van der Waals surface area (Å²) in [6.07, 6.45) is -4.50. The van der Waals surface area contributed by atoms with E-state index in [4.69, 9.17) is 5.11 Å². The monoisotopic (exact) mass is 304 g/mol. The van der Waals surface area contributed by atoms with E-state index in [1.807, 2.05) is 0 Å². The highest BCUT2D eigenvalue weighted by Crippen LogP contribution is 2.34. The summed E-state index contributed by atoms with van der Waals surface area (Å²) < 4.78 is 38.4. The third-order valence-corrected chi connectivity index (χ3v) is 2.84. The molecule has 0 aliphatic heterocycles. The first-order valence-corrected chi connectivity index (χ1v) is 6.57. The van der Waals surface area contributed by atoms with Crippen molar-refractivity contribution in [2.24, 2.45) is 0 Å². The summed E-state index contributed by atoms with van der Waals surface area (Å²) in [6.45, 7) is 3.39. The van der Waals surface area contributed by atoms with Crippen LogP contribution in [0.15, 0.2) is 24.3 Å². The van der Waals surface area contributed by atoms with Gasteiger partial charge in [0.25, 0.3) is 0 Å². The number of aliphatic hydroxyl groups excluding tert-OH is 1. The van der Waals surface area contributed by atoms with Crippen LogP contribution in [0.5, 0.6) is 0 Å². The molecule has 7 heteroatoms. The second-order valence-corrected chi connectivity index (χ2v) is 4.95. The second kappa shape index (κ2) is 7.42. The van der Waals surface area contributed by atoms with E-state index < -0.39 is 17.6 Å². The molecule has 2 atom stereocenters. The van der Waals surface area contributed by atoms with Crippen molar-refractivity contribution >= 4 is 11.6 Å². The van der Waals surface area contributed by atoms with Gasteiger partial charge in [-0.1, -0.05) is 12.1 Å². The van der Waals surface area contributed by atoms with Crippen molar-refractivity contribution < 1.29 is 23.1 Å². The van der Waals surface area contributed by atoms with E-state index in [0.717, 1.165) is 6.07 Å². The summed E-state index contributed by atoms with van der Waals surface area (Å²) in [5, 5.41) is 14.1. The highest BCUT2D eigenvalue weighted by atomic mass is 19.4. The Balaban J connectivity index is 2.68. The maximum Gasteiger partial charge on any atom is 0.418 e. The fraction of sp³-hybridized carbons (Fsp3) is 0.500. The Bertz CT molecular complexity index is 478. The molecule has 21 heavy (non-hydrogen) atoms. The van der Waals surface area contributed by atoms with Crippen molar-refractivity contribution in [3.63, 3.8) is 0 Å². The van der Waals surface area contributed by atoms with Crippen LogP contribution in [-0.4, -0.2) is 29.7 Å². The van der Waals surface area contributed by atoms with Crippen LogP contribution in [0.3, 0.4) is 0 Å². The standard InChI is InChI=1S/C14H19F3N2O2/c1-9(18-10(2)8-20)7-13(21)19-12-6-4-3-5-11(12)14(15,16)17/h3-6,9-10,18,20H,7-8H2,1-2H3,(H,19,21)/t9?,10-/m1/s1. The minimum absolute atomic E-state index is 0.0104. The van der Waals surface area contributed by atoms with Crippen molar-refractivity contribution in [1.29, 1.82) is 0 Å². The Hall–Kier alpha value is -1.60. The van der Waals surface area contributed by atoms with Crippen LogP contribution in [0.2, 0.25) is 0 Å². The number of anilines is 1. The molecule has 0 heterocycles. The lowest BCUT2D eigenvalue weighted by atomic mass is 10.1. The first-order chi connectivity index (χ1) is 9.74. The van der Waals surface area contributed by atoms with E-state index in [0.29, 0.717) is 0 Å². The zero-order valence-corrected chi connectivity index (χ0v) is 11.9. The van der Waals surface area contributed by atoms with Gasteiger partial charge in [-0.3, -0.25) is 4.79 Å². The van der Waals surface area contributed by atoms with Gasteiger partial charge < -0.3 is 15.7 Å². The van der Waals surface area contributed by atoms with Crippen molar-refractivity contribution in [2.45, 2.75) is 38.5 Å². The number of hydrogen-bond donors (Lipinski definition) is 3. The molecular weight excluding hydrogens is 285 g/mol. The molecule has 0 saturated carbocycles. The lowest BCUT2D eigenvalue weighted by Gasteiger charge is -2.19. The van der Waals surface area contributed by atoms with E-state index in [1.54, 1.807) is 13.8 Å². The Labute approximate surface area is 121 Å². The van der Waals surface area contributed by atoms with Crippen molar-refractivity contribution in [1.82, 2.24) is 5.32 Å². The van der Waals surface area contributed by atoms with E-state index in [-0.39, 0.29) is 30.8 Å². The fourth-order valence-electron chi connectivity index (χ4n) is 1.92. The zero-order valence-electron chi connectivity index (χ0n) is 11.9. The Morgan fingerprint density at radius 2 is 1.86 bits per heavy atom. The van der Waals surface area contributed by atoms with Gasteiger partial charge in [0.1, 0.15) is 0 Å². The highest BCUT2D eigenvalue weighted by Gasteiger charge is 2.33. The molecule has 0 fully saturated rings. The molecule has 4 nitrogen and oxygen atoms in total. The van der Waals surface area contributed by atoms with E-state index >= 15 is 0 Å². The third-order valence-electron chi connectivity index (χ3n) is 2.84. The summed E-state index contributed by atoms with van der Waals surface area (Å²) in [6, 6.07) is 4.40. The molecule has 0 saturated heterocycles. The number of amides is 1. The first kappa shape index (κ1) is 17.5. The molecule has 0 aliphatic carbocycles. The maximum absolute atomic E-state index is 12.8. The average molecular weight is 304 g/mol. The number of rotatable bonds is 6. The first-order valence-electron chi connectivity index (χ1n) is 6.57. The normalized spacial score (nSPS) is 14.6. The lowest BCUT2D eigenvalue weighted by molar-refractivity contribution is -0.137. The smallest absolute Gasteiger partial charge is 0.395 e. The van der Waals surface area contributed by atoms with E-state index in [1.165, 1.54) is 18.2 Å². The number of carbonyl (C=O) groups is 1. The Morgan fingerprint density at radius 3 is 2.43 bits per heavy atom. The largest absolute Gasteiger partial charge is 0.418 e. The molecule has 1 unspecified atom stereocenters. The third kappa shape index (κ3) is 5.73. The van der Waals surface area contributed by atoms with Gasteiger partial charge >= 0.3 is 6.18 Å². The summed E-state index contributed by atoms with van der Waals surface area (Å²) in [4.78, 5) is 11.8. The summed E-state index contributed by atoms with van der Waals surface area (Å²) in [5.74, 6) is -0.517. The minimum atomic E-state index is -4.51. The van der Waals surface area contributed by atoms with Gasteiger partial charge in [0.15, 0.2) is 0 Å². The predicted octanol–water partition coefficient (Wildman–Crippen LogP) is 2.39. The molecule has 0 aliphatic rings. The second-order valence-electron chi connectivity index (χ2n) is 4.95. The number of alkyl halides is 3. The molecule has 0 spiro atoms. The van der Waals surface area contributed by atoms with E-state index in [2.05, 4.69) is 10.6 Å². The number of para-hydroxylation sites is 1. The minimum Gasteiger partial charge on any atom is -0.395 e. The van der Waals surface area contributed by atoms with Crippen LogP contribution in [0.1, 0.15) is 25.8 Å². The number of hydrogen-bond acceptors (Lipinski definition) is 3. The van der Waals surface area contributed by atoms with Crippen LogP contribution in [-0.2, 0) is 11.0 Å². The number of halogens is 3. The quantitative estimate of drug-likeness (QED) is 0.756. The maximum atomic E-state index is 12.8. The van der Waals surface area contributed by atoms with Crippen LogP contribution in [0, 0.1) is 0 Å². The molecule has 1 rings (SSSR count). The van der Waals surface area contributed by atoms with Crippen LogP contribution in [0.4, 0.5) is 18.9 Å². The number of benzene rings is 1. The van der Waals surface area contributed by atoms with Gasteiger partial charge in [0.05, 0.1) is 17.9 Å². The molecule has 1 aromatic carbocycles. The van der Waals surface area contributed by atoms with Gasteiger partial charge in [0, 0.05) is 18.5 Å². The number of carbonyl (C=O) groups excluding carboxylic acids is 1. The highest BCUT2D eigenvalue weighted by molar-refractivity contribution is 5.92.